The molecule has 0 radical (unpaired) electrons. The molecule has 6 aromatic rings. The van der Waals surface area contributed by atoms with Gasteiger partial charge in [-0.15, -0.1) is 11.8 Å². The first-order valence-corrected chi connectivity index (χ1v) is 46.5. The average Bonchev–Trinajstić information content (AvgIpc) is 1.72. The van der Waals surface area contributed by atoms with Gasteiger partial charge in [-0.3, -0.25) is 86.9 Å². The number of guanidine groups is 1. The number of hydrogen-bond donors (Lipinski definition) is 19. The molecule has 3 aromatic carbocycles. The van der Waals surface area contributed by atoms with Gasteiger partial charge >= 0.3 is 0 Å². The minimum Gasteiger partial charge on any atom is -0.394 e. The normalized spacial score (nSPS) is 24.8. The van der Waals surface area contributed by atoms with E-state index < -0.39 is 247 Å². The number of halogens is 1. The minimum atomic E-state index is -1.91. The van der Waals surface area contributed by atoms with Crippen LogP contribution in [0, 0.1) is 11.3 Å². The van der Waals surface area contributed by atoms with Crippen LogP contribution in [0.1, 0.15) is 140 Å². The number of H-pyrrole nitrogens is 3. The molecule has 0 bridgehead atoms. The van der Waals surface area contributed by atoms with E-state index in [9.17, 15) is 48.3 Å². The van der Waals surface area contributed by atoms with Crippen molar-refractivity contribution in [1.29, 1.82) is 5.41 Å². The average molecular weight is 1900 g/mol. The number of aliphatic hydroxyl groups is 1. The van der Waals surface area contributed by atoms with E-state index in [1.165, 1.54) is 40.6 Å². The first-order chi connectivity index (χ1) is 64.4. The number of carbonyl (C=O) groups excluding carboxylic acids is 17. The second kappa shape index (κ2) is 50.5. The van der Waals surface area contributed by atoms with Crippen LogP contribution in [0.15, 0.2) is 104 Å². The van der Waals surface area contributed by atoms with Gasteiger partial charge in [0.25, 0.3) is 0 Å². The molecule has 15 atom stereocenters. The smallest absolute Gasteiger partial charge is 0.246 e. The van der Waals surface area contributed by atoms with Gasteiger partial charge in [0.1, 0.15) is 90.8 Å². The number of likely N-dealkylation sites (N-methyl/N-ethyl adjacent to an activating group) is 3. The van der Waals surface area contributed by atoms with Crippen LogP contribution >= 0.6 is 11.8 Å². The van der Waals surface area contributed by atoms with Crippen LogP contribution in [-0.2, 0) is 107 Å². The highest BCUT2D eigenvalue weighted by Gasteiger charge is 2.47. The molecular formula is C91H127FN24O18S. The van der Waals surface area contributed by atoms with E-state index in [2.05, 4.69) is 78.4 Å². The molecule has 3 saturated heterocycles. The monoisotopic (exact) mass is 1890 g/mol. The molecule has 3 fully saturated rings. The zero-order valence-electron chi connectivity index (χ0n) is 77.1. The molecule has 135 heavy (non-hydrogen) atoms. The van der Waals surface area contributed by atoms with Gasteiger partial charge in [0.15, 0.2) is 5.96 Å². The van der Waals surface area contributed by atoms with Gasteiger partial charge in [-0.05, 0) is 86.6 Å². The Morgan fingerprint density at radius 2 is 1.08 bits per heavy atom. The number of aromatic amines is 3. The predicted octanol–water partition coefficient (Wildman–Crippen LogP) is -1.66. The Balaban J connectivity index is 1.10. The number of benzene rings is 3. The number of carbonyl (C=O) groups is 17. The highest BCUT2D eigenvalue weighted by molar-refractivity contribution is 8.00. The molecule has 22 N–H and O–H groups in total. The van der Waals surface area contributed by atoms with Gasteiger partial charge < -0.3 is 120 Å². The van der Waals surface area contributed by atoms with Crippen molar-refractivity contribution in [2.45, 2.75) is 235 Å². The number of para-hydroxylation sites is 2. The van der Waals surface area contributed by atoms with Crippen LogP contribution in [0.2, 0.25) is 0 Å². The largest absolute Gasteiger partial charge is 0.394 e. The fraction of sp³-hybridized carbons (Fsp3) is 0.527. The highest BCUT2D eigenvalue weighted by Crippen LogP contribution is 2.29. The predicted molar refractivity (Wildman–Crippen MR) is 497 cm³/mol. The molecule has 44 heteroatoms. The molecule has 0 saturated carbocycles. The fourth-order valence-corrected chi connectivity index (χ4v) is 17.6. The number of nitrogens with zero attached hydrogens (tertiary/aromatic N) is 6. The molecule has 0 spiro atoms. The van der Waals surface area contributed by atoms with E-state index >= 15 is 42.7 Å². The number of unbranched alkanes of at least 4 members (excludes halogenated alkanes) is 2. The molecule has 732 valence electrons. The Hall–Kier alpha value is -13.6. The zero-order valence-corrected chi connectivity index (χ0v) is 77.9. The molecule has 17 amide bonds. The lowest BCUT2D eigenvalue weighted by molar-refractivity contribution is -0.149. The maximum atomic E-state index is 16.3. The number of amides is 17. The Labute approximate surface area is 784 Å². The van der Waals surface area contributed by atoms with Crippen LogP contribution in [0.5, 0.6) is 0 Å². The van der Waals surface area contributed by atoms with Gasteiger partial charge in [-0.25, -0.2) is 9.37 Å². The summed E-state index contributed by atoms with van der Waals surface area (Å²) in [5.74, 6) is -17.9. The summed E-state index contributed by atoms with van der Waals surface area (Å²) < 4.78 is 16.3. The zero-order chi connectivity index (χ0) is 98.4. The third-order valence-electron chi connectivity index (χ3n) is 24.2. The number of thioether (sulfide) groups is 1. The maximum Gasteiger partial charge on any atom is 0.246 e. The second-order valence-electron chi connectivity index (χ2n) is 34.7. The topological polar surface area (TPSA) is 621 Å². The summed E-state index contributed by atoms with van der Waals surface area (Å²) in [6, 6.07) is 0.453. The number of aromatic nitrogens is 4. The van der Waals surface area contributed by atoms with Gasteiger partial charge in [0.05, 0.1) is 38.2 Å². The van der Waals surface area contributed by atoms with Crippen molar-refractivity contribution < 1.29 is 91.0 Å². The van der Waals surface area contributed by atoms with Crippen LogP contribution in [-0.4, -0.2) is 312 Å². The molecule has 9 rings (SSSR count). The van der Waals surface area contributed by atoms with E-state index in [1.807, 2.05) is 13.8 Å². The third kappa shape index (κ3) is 29.5. The summed E-state index contributed by atoms with van der Waals surface area (Å²) in [5.41, 5.74) is 19.9. The van der Waals surface area contributed by atoms with Crippen molar-refractivity contribution in [3.8, 4) is 0 Å². The quantitative estimate of drug-likeness (QED) is 0.0164. The van der Waals surface area contributed by atoms with Crippen LogP contribution < -0.4 is 75.7 Å². The summed E-state index contributed by atoms with van der Waals surface area (Å²) in [5, 5.41) is 49.3. The summed E-state index contributed by atoms with van der Waals surface area (Å²) in [4.78, 5) is 269. The van der Waals surface area contributed by atoms with Crippen molar-refractivity contribution in [3.05, 3.63) is 126 Å². The van der Waals surface area contributed by atoms with E-state index in [-0.39, 0.29) is 83.7 Å². The molecular weight excluding hydrogens is 1770 g/mol. The van der Waals surface area contributed by atoms with Crippen molar-refractivity contribution in [2.24, 2.45) is 23.1 Å². The second-order valence-corrected chi connectivity index (χ2v) is 35.8. The third-order valence-corrected chi connectivity index (χ3v) is 25.2. The van der Waals surface area contributed by atoms with Crippen LogP contribution in [0.4, 0.5) is 4.39 Å². The number of imidazole rings is 1. The van der Waals surface area contributed by atoms with Crippen LogP contribution in [0.3, 0.4) is 0 Å². The van der Waals surface area contributed by atoms with Gasteiger partial charge in [-0.1, -0.05) is 120 Å². The lowest BCUT2D eigenvalue weighted by atomic mass is 10.00. The van der Waals surface area contributed by atoms with Gasteiger partial charge in [0.2, 0.25) is 100 Å². The fourth-order valence-electron chi connectivity index (χ4n) is 16.7. The van der Waals surface area contributed by atoms with Gasteiger partial charge in [-0.2, -0.15) is 0 Å². The molecule has 3 aromatic heterocycles. The number of nitrogens with two attached hydrogens (primary N) is 3. The van der Waals surface area contributed by atoms with Crippen molar-refractivity contribution in [2.75, 3.05) is 65.4 Å². The lowest BCUT2D eigenvalue weighted by Crippen LogP contribution is -2.62. The molecule has 3 aliphatic heterocycles. The summed E-state index contributed by atoms with van der Waals surface area (Å²) in [7, 11) is 3.93. The summed E-state index contributed by atoms with van der Waals surface area (Å²) >= 11 is 0.788. The molecule has 6 heterocycles. The van der Waals surface area contributed by atoms with Crippen molar-refractivity contribution >= 4 is 140 Å². The molecule has 0 unspecified atom stereocenters. The van der Waals surface area contributed by atoms with Gasteiger partial charge in [0, 0.05) is 118 Å². The Morgan fingerprint density at radius 1 is 0.548 bits per heavy atom. The Kier molecular flexibility index (Phi) is 39.3. The molecule has 0 aliphatic carbocycles. The molecule has 42 nitrogen and oxygen atoms in total. The number of hydrogen-bond acceptors (Lipinski definition) is 21. The van der Waals surface area contributed by atoms with Crippen LogP contribution in [0.25, 0.3) is 21.8 Å². The van der Waals surface area contributed by atoms with Crippen molar-refractivity contribution in [3.63, 3.8) is 0 Å². The molecule has 3 aliphatic rings. The Morgan fingerprint density at radius 3 is 1.68 bits per heavy atom. The summed E-state index contributed by atoms with van der Waals surface area (Å²) in [6.07, 6.45) is 2.98. The number of primary amides is 2. The Bertz CT molecular complexity index is 5190. The van der Waals surface area contributed by atoms with E-state index in [4.69, 9.17) is 22.6 Å². The van der Waals surface area contributed by atoms with Crippen molar-refractivity contribution in [1.82, 2.24) is 103 Å². The number of rotatable bonds is 26. The SMILES string of the molecule is CCCC[C@H]1C(=O)N(C)[C@@H](CCCC)C(=O)N[C@@H](CCCNC(=N)N)C(=O)N[C@H](C(=O)NCC(N)=O)CSCC(=O)N[C@@H](Cc2ccccc2)C(=O)N(C)[C@@H](C)C(=O)N[C@@H](CC(N)=O)C(=O)N2CCC[C@H]2C(=O)N[C@@H](Cc2cnc[nH]2)C(=O)N[C@@H](CC(C)C)C(=O)N2C[C@H](F)C[C@H]2C(=O)N[C@@H](Cc2c[nH]c3ccccc23)C(=O)N[C@@H](CO)C(=O)N[C@@H](Cc2c[nH]c3ccccc23)C(=O)N1C. The standard InChI is InChI=1S/C91H127FN24O18S/c1-9-11-29-70-83(127)104-61(28-20-32-98-91(95)96)79(123)111-69(78(122)101-44-75(94)119)47-135-48-76(120)103-65(35-52-22-14-13-15-23-52)86(130)112(6)51(5)77(121)107-67(40-74(93)118)88(132)115-33-21-31-71(115)84(128)106-63(39-56-43-97-49-102-56)81(125)108-64(34-50(3)4)89(133)116-45-55(92)38-73(116)85(129)105-62(36-53-41-99-59-26-18-16-24-57(53)59)80(124)110-68(46-117)82(126)109-66(37-54-42-100-60-27-19-17-25-58(54)60)87(131)114(8)72(30-12-10-2)90(134)113(70)7/h13-19,22-27,41-43,49-51,55,61-73,99-100,117H,9-12,20-21,28-40,44-48H2,1-8H3,(H2,93,118)(H2,94,119)(H,97,102)(H,101,122)(H,103,120)(H,104,127)(H,105,129)(H,106,128)(H,107,121)(H,108,125)(H,109,126)(H,110,124)(H,111,123)(H4,95,96,98)/t51-,55+,61-,62-,63-,64-,65-,66-,67-,68-,69-,70-,71-,72-,73-/m0/s1. The van der Waals surface area contributed by atoms with E-state index in [0.29, 0.717) is 69.9 Å². The maximum absolute atomic E-state index is 16.3. The van der Waals surface area contributed by atoms with E-state index in [0.717, 1.165) is 36.3 Å². The number of aliphatic hydroxyl groups excluding tert-OH is 1. The lowest BCUT2D eigenvalue weighted by Gasteiger charge is -2.36. The number of alkyl halides is 1. The first-order valence-electron chi connectivity index (χ1n) is 45.4. The van der Waals surface area contributed by atoms with E-state index in [1.54, 1.807) is 105 Å². The highest BCUT2D eigenvalue weighted by atomic mass is 32.2. The number of nitrogens with one attached hydrogen (secondary N) is 15. The number of fused-ring (bicyclic) bond motifs is 4. The first kappa shape index (κ1) is 105. The minimum absolute atomic E-state index is 0.00745. The summed E-state index contributed by atoms with van der Waals surface area (Å²) in [6.45, 7) is 5.79.